The van der Waals surface area contributed by atoms with Gasteiger partial charge in [-0.05, 0) is 48.4 Å². The first-order chi connectivity index (χ1) is 15.2. The van der Waals surface area contributed by atoms with E-state index in [9.17, 15) is 27.3 Å². The van der Waals surface area contributed by atoms with Crippen molar-refractivity contribution in [1.82, 2.24) is 10.6 Å². The fraction of sp³-hybridized carbons (Fsp3) is 0.391. The van der Waals surface area contributed by atoms with Gasteiger partial charge in [0.1, 0.15) is 6.04 Å². The molecule has 4 rings (SSSR count). The average Bonchev–Trinajstić information content (AvgIpc) is 3.40. The van der Waals surface area contributed by atoms with Crippen LogP contribution in [-0.4, -0.2) is 38.7 Å². The van der Waals surface area contributed by atoms with Gasteiger partial charge in [-0.25, -0.2) is 17.2 Å². The number of fused-ring (bicyclic) bond motifs is 2. The number of nitriles is 1. The SMILES string of the molecule is CS(=O)(=O)c1ccc(-c2ccc(C[C@@H](C#N)NC(=O)[C@H]3N[C@@H]4CC[C@H]3C4)c(F)c2F)cc1. The van der Waals surface area contributed by atoms with E-state index >= 15 is 0 Å². The second-order valence-corrected chi connectivity index (χ2v) is 10.5. The van der Waals surface area contributed by atoms with E-state index in [4.69, 9.17) is 0 Å². The number of sulfone groups is 1. The van der Waals surface area contributed by atoms with Gasteiger partial charge in [0.2, 0.25) is 5.91 Å². The molecule has 0 radical (unpaired) electrons. The second kappa shape index (κ2) is 8.60. The number of nitrogens with one attached hydrogen (secondary N) is 2. The minimum Gasteiger partial charge on any atom is -0.339 e. The molecule has 2 bridgehead atoms. The van der Waals surface area contributed by atoms with Gasteiger partial charge in [-0.2, -0.15) is 5.26 Å². The average molecular weight is 460 g/mol. The van der Waals surface area contributed by atoms with Crippen LogP contribution in [0.1, 0.15) is 24.8 Å². The van der Waals surface area contributed by atoms with Crippen molar-refractivity contribution in [3.63, 3.8) is 0 Å². The van der Waals surface area contributed by atoms with Gasteiger partial charge in [-0.15, -0.1) is 0 Å². The van der Waals surface area contributed by atoms with Crippen LogP contribution < -0.4 is 10.6 Å². The van der Waals surface area contributed by atoms with Gasteiger partial charge in [0.05, 0.1) is 17.0 Å². The van der Waals surface area contributed by atoms with E-state index in [1.54, 1.807) is 0 Å². The lowest BCUT2D eigenvalue weighted by Crippen LogP contribution is -2.50. The number of nitrogens with zero attached hydrogens (tertiary/aromatic N) is 1. The largest absolute Gasteiger partial charge is 0.339 e. The highest BCUT2D eigenvalue weighted by molar-refractivity contribution is 7.90. The van der Waals surface area contributed by atoms with Gasteiger partial charge in [-0.1, -0.05) is 24.3 Å². The number of hydrogen-bond donors (Lipinski definition) is 2. The molecule has 9 heteroatoms. The number of rotatable bonds is 6. The van der Waals surface area contributed by atoms with Gasteiger partial charge >= 0.3 is 0 Å². The molecular weight excluding hydrogens is 436 g/mol. The number of benzene rings is 2. The lowest BCUT2D eigenvalue weighted by Gasteiger charge is -2.23. The molecule has 2 aliphatic rings. The lowest BCUT2D eigenvalue weighted by atomic mass is 9.97. The fourth-order valence-electron chi connectivity index (χ4n) is 4.61. The van der Waals surface area contributed by atoms with Crippen molar-refractivity contribution in [3.05, 3.63) is 53.6 Å². The summed E-state index contributed by atoms with van der Waals surface area (Å²) in [5, 5.41) is 15.3. The minimum atomic E-state index is -3.40. The number of amides is 1. The van der Waals surface area contributed by atoms with E-state index < -0.39 is 27.5 Å². The molecule has 2 N–H and O–H groups in total. The second-order valence-electron chi connectivity index (χ2n) is 8.51. The van der Waals surface area contributed by atoms with Crippen LogP contribution in [0.15, 0.2) is 41.3 Å². The molecule has 1 amide bonds. The maximum atomic E-state index is 14.8. The Hall–Kier alpha value is -2.83. The first kappa shape index (κ1) is 22.4. The van der Waals surface area contributed by atoms with Crippen LogP contribution in [0.5, 0.6) is 0 Å². The number of carbonyl (C=O) groups excluding carboxylic acids is 1. The number of carbonyl (C=O) groups is 1. The minimum absolute atomic E-state index is 0.0185. The monoisotopic (exact) mass is 459 g/mol. The molecule has 0 spiro atoms. The van der Waals surface area contributed by atoms with Crippen molar-refractivity contribution in [3.8, 4) is 17.2 Å². The molecule has 32 heavy (non-hydrogen) atoms. The van der Waals surface area contributed by atoms with Gasteiger partial charge in [0, 0.05) is 24.3 Å². The Balaban J connectivity index is 1.49. The molecule has 4 atom stereocenters. The third kappa shape index (κ3) is 4.38. The zero-order valence-electron chi connectivity index (χ0n) is 17.4. The fourth-order valence-corrected chi connectivity index (χ4v) is 5.24. The molecule has 168 valence electrons. The molecule has 2 aromatic rings. The molecule has 1 saturated heterocycles. The van der Waals surface area contributed by atoms with Gasteiger partial charge in [0.25, 0.3) is 0 Å². The van der Waals surface area contributed by atoms with Crippen LogP contribution in [0.25, 0.3) is 11.1 Å². The molecule has 1 heterocycles. The normalized spacial score (nSPS) is 23.0. The topological polar surface area (TPSA) is 99.1 Å². The summed E-state index contributed by atoms with van der Waals surface area (Å²) in [5.74, 6) is -2.22. The maximum absolute atomic E-state index is 14.8. The Morgan fingerprint density at radius 2 is 1.91 bits per heavy atom. The third-order valence-electron chi connectivity index (χ3n) is 6.29. The van der Waals surface area contributed by atoms with E-state index in [0.29, 0.717) is 11.6 Å². The summed E-state index contributed by atoms with van der Waals surface area (Å²) in [4.78, 5) is 12.6. The standard InChI is InChI=1S/C23H23F2N3O3S/c1-32(30,31)18-7-3-13(4-8-18)19-9-5-14(20(24)21(19)25)10-17(12-26)28-23(29)22-15-2-6-16(11-15)27-22/h3-5,7-9,15-17,22,27H,2,6,10-11H2,1H3,(H,28,29)/t15-,16+,17-,22-/m0/s1. The molecule has 1 saturated carbocycles. The predicted molar refractivity (Wildman–Crippen MR) is 114 cm³/mol. The summed E-state index contributed by atoms with van der Waals surface area (Å²) in [6, 6.07) is 9.22. The maximum Gasteiger partial charge on any atom is 0.238 e. The number of piperidine rings is 1. The number of halogens is 2. The molecule has 0 unspecified atom stereocenters. The lowest BCUT2D eigenvalue weighted by molar-refractivity contribution is -0.124. The Morgan fingerprint density at radius 3 is 2.47 bits per heavy atom. The molecule has 6 nitrogen and oxygen atoms in total. The van der Waals surface area contributed by atoms with Crippen LogP contribution in [0.4, 0.5) is 8.78 Å². The van der Waals surface area contributed by atoms with Crippen LogP contribution >= 0.6 is 0 Å². The zero-order chi connectivity index (χ0) is 23.0. The smallest absolute Gasteiger partial charge is 0.238 e. The third-order valence-corrected chi connectivity index (χ3v) is 7.42. The van der Waals surface area contributed by atoms with Gasteiger partial charge < -0.3 is 10.6 Å². The van der Waals surface area contributed by atoms with Crippen molar-refractivity contribution in [2.75, 3.05) is 6.26 Å². The van der Waals surface area contributed by atoms with Gasteiger partial charge in [0.15, 0.2) is 21.5 Å². The predicted octanol–water partition coefficient (Wildman–Crippen LogP) is 2.73. The molecule has 2 fully saturated rings. The van der Waals surface area contributed by atoms with Crippen LogP contribution in [-0.2, 0) is 21.1 Å². The molecular formula is C23H23F2N3O3S. The first-order valence-corrected chi connectivity index (χ1v) is 12.3. The van der Waals surface area contributed by atoms with E-state index in [1.807, 2.05) is 6.07 Å². The highest BCUT2D eigenvalue weighted by atomic mass is 32.2. The van der Waals surface area contributed by atoms with Crippen molar-refractivity contribution >= 4 is 15.7 Å². The Kier molecular flexibility index (Phi) is 6.01. The molecule has 0 aromatic heterocycles. The Morgan fingerprint density at radius 1 is 1.19 bits per heavy atom. The summed E-state index contributed by atoms with van der Waals surface area (Å²) in [6.07, 6.45) is 3.86. The van der Waals surface area contributed by atoms with Crippen molar-refractivity contribution in [2.24, 2.45) is 5.92 Å². The van der Waals surface area contributed by atoms with Crippen LogP contribution in [0.2, 0.25) is 0 Å². The zero-order valence-corrected chi connectivity index (χ0v) is 18.3. The van der Waals surface area contributed by atoms with Gasteiger partial charge in [-0.3, -0.25) is 4.79 Å². The van der Waals surface area contributed by atoms with E-state index in [0.717, 1.165) is 25.5 Å². The highest BCUT2D eigenvalue weighted by Crippen LogP contribution is 2.35. The quantitative estimate of drug-likeness (QED) is 0.692. The van der Waals surface area contributed by atoms with Crippen molar-refractivity contribution in [1.29, 1.82) is 5.26 Å². The van der Waals surface area contributed by atoms with Crippen molar-refractivity contribution in [2.45, 2.75) is 48.7 Å². The van der Waals surface area contributed by atoms with Crippen molar-refractivity contribution < 1.29 is 22.0 Å². The summed E-state index contributed by atoms with van der Waals surface area (Å²) < 4.78 is 52.7. The summed E-state index contributed by atoms with van der Waals surface area (Å²) in [7, 11) is -3.40. The molecule has 1 aliphatic heterocycles. The van der Waals surface area contributed by atoms with Crippen LogP contribution in [0, 0.1) is 28.9 Å². The van der Waals surface area contributed by atoms with E-state index in [2.05, 4.69) is 10.6 Å². The Labute approximate surface area is 185 Å². The summed E-state index contributed by atoms with van der Waals surface area (Å²) in [5.41, 5.74) is 0.287. The number of hydrogen-bond acceptors (Lipinski definition) is 5. The van der Waals surface area contributed by atoms with Crippen LogP contribution in [0.3, 0.4) is 0 Å². The van der Waals surface area contributed by atoms with E-state index in [-0.39, 0.29) is 40.3 Å². The molecule has 2 aromatic carbocycles. The highest BCUT2D eigenvalue weighted by Gasteiger charge is 2.43. The first-order valence-electron chi connectivity index (χ1n) is 10.4. The summed E-state index contributed by atoms with van der Waals surface area (Å²) in [6.45, 7) is 0. The summed E-state index contributed by atoms with van der Waals surface area (Å²) >= 11 is 0. The Bertz CT molecular complexity index is 1190. The van der Waals surface area contributed by atoms with E-state index in [1.165, 1.54) is 36.4 Å². The molecule has 1 aliphatic carbocycles.